The zero-order chi connectivity index (χ0) is 24.4. The van der Waals surface area contributed by atoms with Gasteiger partial charge < -0.3 is 18.9 Å². The van der Waals surface area contributed by atoms with Crippen molar-refractivity contribution in [1.82, 2.24) is 19.9 Å². The first-order valence-corrected chi connectivity index (χ1v) is 11.6. The van der Waals surface area contributed by atoms with Crippen molar-refractivity contribution in [3.63, 3.8) is 0 Å². The molecule has 5 rings (SSSR count). The van der Waals surface area contributed by atoms with E-state index in [1.807, 2.05) is 29.2 Å². The molecule has 0 spiro atoms. The van der Waals surface area contributed by atoms with Crippen LogP contribution in [-0.2, 0) is 17.9 Å². The second kappa shape index (κ2) is 9.76. The van der Waals surface area contributed by atoms with Crippen LogP contribution in [-0.4, -0.2) is 59.7 Å². The normalized spacial score (nSPS) is 14.5. The van der Waals surface area contributed by atoms with Crippen molar-refractivity contribution >= 4 is 16.7 Å². The number of amides is 1. The Morgan fingerprint density at radius 1 is 0.886 bits per heavy atom. The highest BCUT2D eigenvalue weighted by Crippen LogP contribution is 2.26. The van der Waals surface area contributed by atoms with Crippen LogP contribution in [0.5, 0.6) is 11.5 Å². The Kier molecular flexibility index (Phi) is 6.37. The molecule has 0 bridgehead atoms. The molecule has 1 aliphatic heterocycles. The first kappa shape index (κ1) is 22.9. The number of fused-ring (bicyclic) bond motifs is 1. The molecule has 0 aliphatic carbocycles. The van der Waals surface area contributed by atoms with Crippen LogP contribution in [0, 0.1) is 6.92 Å². The topological polar surface area (TPSA) is 80.9 Å². The average molecular weight is 473 g/mol. The first-order valence-electron chi connectivity index (χ1n) is 11.6. The maximum atomic E-state index is 12.9. The molecule has 1 aromatic heterocycles. The lowest BCUT2D eigenvalue weighted by atomic mass is 10.0. The maximum Gasteiger partial charge on any atom is 0.237 e. The van der Waals surface area contributed by atoms with Crippen molar-refractivity contribution in [1.29, 1.82) is 0 Å². The summed E-state index contributed by atoms with van der Waals surface area (Å²) in [5.41, 5.74) is 3.08. The highest BCUT2D eigenvalue weighted by molar-refractivity contribution is 5.87. The van der Waals surface area contributed by atoms with Gasteiger partial charge in [0.1, 0.15) is 11.5 Å². The van der Waals surface area contributed by atoms with Gasteiger partial charge in [0, 0.05) is 44.7 Å². The van der Waals surface area contributed by atoms with Crippen LogP contribution in [0.2, 0.25) is 0 Å². The van der Waals surface area contributed by atoms with Crippen molar-refractivity contribution in [2.75, 3.05) is 33.9 Å². The molecule has 1 aliphatic rings. The number of nitrogens with zero attached hydrogens (tertiary/aromatic N) is 4. The van der Waals surface area contributed by atoms with Crippen molar-refractivity contribution in [2.45, 2.75) is 20.0 Å². The fourth-order valence-electron chi connectivity index (χ4n) is 4.45. The Labute approximate surface area is 204 Å². The molecule has 0 atom stereocenters. The molecule has 3 aromatic carbocycles. The van der Waals surface area contributed by atoms with Crippen molar-refractivity contribution in [2.24, 2.45) is 0 Å². The lowest BCUT2D eigenvalue weighted by Gasteiger charge is -2.34. The van der Waals surface area contributed by atoms with Gasteiger partial charge in [-0.3, -0.25) is 9.69 Å². The third-order valence-electron chi connectivity index (χ3n) is 6.28. The van der Waals surface area contributed by atoms with E-state index in [1.165, 1.54) is 0 Å². The SMILES string of the molecule is COc1cc(CN2CCN(Cc3ccc4ccc(-c5noc(C)n5)cc4c3)CC2=O)cc(OC)c1. The monoisotopic (exact) mass is 472 g/mol. The average Bonchev–Trinajstić information content (AvgIpc) is 3.31. The molecule has 1 amide bonds. The van der Waals surface area contributed by atoms with E-state index in [0.29, 0.717) is 37.9 Å². The van der Waals surface area contributed by atoms with E-state index in [-0.39, 0.29) is 5.91 Å². The Bertz CT molecular complexity index is 1340. The number of carbonyl (C=O) groups is 1. The van der Waals surface area contributed by atoms with E-state index in [4.69, 9.17) is 14.0 Å². The van der Waals surface area contributed by atoms with Gasteiger partial charge in [0.05, 0.1) is 20.8 Å². The number of carbonyl (C=O) groups excluding carboxylic acids is 1. The number of hydrogen-bond donors (Lipinski definition) is 0. The smallest absolute Gasteiger partial charge is 0.237 e. The number of aromatic nitrogens is 2. The molecular weight excluding hydrogens is 444 g/mol. The highest BCUT2D eigenvalue weighted by Gasteiger charge is 2.24. The first-order chi connectivity index (χ1) is 17.0. The molecule has 0 saturated carbocycles. The zero-order valence-electron chi connectivity index (χ0n) is 20.2. The van der Waals surface area contributed by atoms with Crippen LogP contribution in [0.15, 0.2) is 59.1 Å². The molecule has 35 heavy (non-hydrogen) atoms. The highest BCUT2D eigenvalue weighted by atomic mass is 16.5. The van der Waals surface area contributed by atoms with Gasteiger partial charge in [-0.2, -0.15) is 4.98 Å². The lowest BCUT2D eigenvalue weighted by molar-refractivity contribution is -0.136. The van der Waals surface area contributed by atoms with Gasteiger partial charge in [-0.05, 0) is 46.2 Å². The van der Waals surface area contributed by atoms with E-state index < -0.39 is 0 Å². The molecular formula is C27H28N4O4. The van der Waals surface area contributed by atoms with Gasteiger partial charge in [-0.25, -0.2) is 0 Å². The number of methoxy groups -OCH3 is 2. The number of rotatable bonds is 7. The van der Waals surface area contributed by atoms with E-state index in [9.17, 15) is 4.79 Å². The number of ether oxygens (including phenoxy) is 2. The van der Waals surface area contributed by atoms with Gasteiger partial charge >= 0.3 is 0 Å². The molecule has 8 nitrogen and oxygen atoms in total. The predicted octanol–water partition coefficient (Wildman–Crippen LogP) is 4.06. The van der Waals surface area contributed by atoms with Crippen LogP contribution in [0.1, 0.15) is 17.0 Å². The number of aryl methyl sites for hydroxylation is 1. The second-order valence-corrected chi connectivity index (χ2v) is 8.78. The fraction of sp³-hybridized carbons (Fsp3) is 0.296. The van der Waals surface area contributed by atoms with E-state index in [0.717, 1.165) is 45.5 Å². The molecule has 4 aromatic rings. The van der Waals surface area contributed by atoms with Crippen LogP contribution >= 0.6 is 0 Å². The van der Waals surface area contributed by atoms with Gasteiger partial charge in [-0.15, -0.1) is 0 Å². The Hall–Kier alpha value is -3.91. The van der Waals surface area contributed by atoms with Crippen molar-refractivity contribution in [3.8, 4) is 22.9 Å². The summed E-state index contributed by atoms with van der Waals surface area (Å²) in [5, 5.41) is 6.28. The largest absolute Gasteiger partial charge is 0.497 e. The van der Waals surface area contributed by atoms with E-state index in [1.54, 1.807) is 21.1 Å². The fourth-order valence-corrected chi connectivity index (χ4v) is 4.45. The molecule has 180 valence electrons. The number of benzene rings is 3. The summed E-state index contributed by atoms with van der Waals surface area (Å²) in [4.78, 5) is 21.3. The number of piperazine rings is 1. The Balaban J connectivity index is 1.25. The standard InChI is InChI=1S/C27H28N4O4/c1-18-28-27(29-35-18)22-7-6-21-5-4-19(10-23(21)13-22)15-30-8-9-31(26(32)17-30)16-20-11-24(33-2)14-25(12-20)34-3/h4-7,10-14H,8-9,15-17H2,1-3H3. The van der Waals surface area contributed by atoms with Gasteiger partial charge in [0.2, 0.25) is 17.6 Å². The van der Waals surface area contributed by atoms with Gasteiger partial charge in [-0.1, -0.05) is 29.4 Å². The minimum atomic E-state index is 0.119. The van der Waals surface area contributed by atoms with Crippen LogP contribution in [0.4, 0.5) is 0 Å². The second-order valence-electron chi connectivity index (χ2n) is 8.78. The summed E-state index contributed by atoms with van der Waals surface area (Å²) in [6, 6.07) is 18.3. The third kappa shape index (κ3) is 5.12. The van der Waals surface area contributed by atoms with Crippen molar-refractivity contribution < 1.29 is 18.8 Å². The summed E-state index contributed by atoms with van der Waals surface area (Å²) < 4.78 is 15.8. The van der Waals surface area contributed by atoms with Crippen LogP contribution < -0.4 is 9.47 Å². The summed E-state index contributed by atoms with van der Waals surface area (Å²) in [6.45, 7) is 4.91. The molecule has 0 N–H and O–H groups in total. The predicted molar refractivity (Wildman–Crippen MR) is 132 cm³/mol. The molecule has 1 saturated heterocycles. The minimum Gasteiger partial charge on any atom is -0.497 e. The summed E-state index contributed by atoms with van der Waals surface area (Å²) >= 11 is 0. The third-order valence-corrected chi connectivity index (χ3v) is 6.28. The Morgan fingerprint density at radius 2 is 1.66 bits per heavy atom. The molecule has 0 radical (unpaired) electrons. The number of hydrogen-bond acceptors (Lipinski definition) is 7. The van der Waals surface area contributed by atoms with Crippen LogP contribution in [0.3, 0.4) is 0 Å². The summed E-state index contributed by atoms with van der Waals surface area (Å²) in [5.74, 6) is 2.70. The van der Waals surface area contributed by atoms with Crippen LogP contribution in [0.25, 0.3) is 22.2 Å². The molecule has 8 heteroatoms. The van der Waals surface area contributed by atoms with E-state index in [2.05, 4.69) is 45.4 Å². The Morgan fingerprint density at radius 3 is 2.34 bits per heavy atom. The van der Waals surface area contributed by atoms with E-state index >= 15 is 0 Å². The zero-order valence-corrected chi connectivity index (χ0v) is 20.2. The molecule has 0 unspecified atom stereocenters. The minimum absolute atomic E-state index is 0.119. The molecule has 1 fully saturated rings. The maximum absolute atomic E-state index is 12.9. The quantitative estimate of drug-likeness (QED) is 0.401. The molecule has 2 heterocycles. The van der Waals surface area contributed by atoms with Gasteiger partial charge in [0.15, 0.2) is 0 Å². The lowest BCUT2D eigenvalue weighted by Crippen LogP contribution is -2.49. The van der Waals surface area contributed by atoms with Gasteiger partial charge in [0.25, 0.3) is 0 Å². The summed E-state index contributed by atoms with van der Waals surface area (Å²) in [7, 11) is 3.25. The van der Waals surface area contributed by atoms with Crippen molar-refractivity contribution in [3.05, 3.63) is 71.6 Å². The summed E-state index contributed by atoms with van der Waals surface area (Å²) in [6.07, 6.45) is 0.